The lowest BCUT2D eigenvalue weighted by atomic mass is 10.1. The summed E-state index contributed by atoms with van der Waals surface area (Å²) in [6, 6.07) is 4.50. The maximum Gasteiger partial charge on any atom is 0.338 e. The van der Waals surface area contributed by atoms with Crippen molar-refractivity contribution < 1.29 is 19.1 Å². The summed E-state index contributed by atoms with van der Waals surface area (Å²) in [6.07, 6.45) is 1.54. The van der Waals surface area contributed by atoms with E-state index in [1.165, 1.54) is 18.2 Å². The molecule has 1 aliphatic rings. The average molecular weight is 313 g/mol. The van der Waals surface area contributed by atoms with Crippen LogP contribution in [-0.2, 0) is 14.3 Å². The Bertz CT molecular complexity index is 530. The van der Waals surface area contributed by atoms with Gasteiger partial charge in [0.1, 0.15) is 0 Å². The van der Waals surface area contributed by atoms with Crippen LogP contribution in [0.1, 0.15) is 23.2 Å². The SMILES string of the molecule is Nc1cc(C(=O)OCC(=O)NC2CCOCC2)ccc1Cl. The molecule has 1 aromatic carbocycles. The van der Waals surface area contributed by atoms with Gasteiger partial charge in [0.15, 0.2) is 6.61 Å². The second-order valence-electron chi connectivity index (χ2n) is 4.77. The number of hydrogen-bond acceptors (Lipinski definition) is 5. The van der Waals surface area contributed by atoms with Crippen LogP contribution in [0, 0.1) is 0 Å². The van der Waals surface area contributed by atoms with Gasteiger partial charge in [0.25, 0.3) is 5.91 Å². The zero-order valence-corrected chi connectivity index (χ0v) is 12.2. The monoisotopic (exact) mass is 312 g/mol. The third kappa shape index (κ3) is 4.61. The van der Waals surface area contributed by atoms with Crippen LogP contribution < -0.4 is 11.1 Å². The quantitative estimate of drug-likeness (QED) is 0.647. The Hall–Kier alpha value is -1.79. The van der Waals surface area contributed by atoms with Gasteiger partial charge in [0.05, 0.1) is 16.3 Å². The number of anilines is 1. The fourth-order valence-corrected chi connectivity index (χ4v) is 2.11. The Morgan fingerprint density at radius 3 is 2.76 bits per heavy atom. The molecule has 0 spiro atoms. The number of nitrogen functional groups attached to an aromatic ring is 1. The molecule has 2 rings (SSSR count). The molecule has 3 N–H and O–H groups in total. The smallest absolute Gasteiger partial charge is 0.338 e. The minimum Gasteiger partial charge on any atom is -0.452 e. The van der Waals surface area contributed by atoms with Gasteiger partial charge >= 0.3 is 5.97 Å². The Kier molecular flexibility index (Phi) is 5.41. The van der Waals surface area contributed by atoms with Gasteiger partial charge in [-0.25, -0.2) is 4.79 Å². The van der Waals surface area contributed by atoms with E-state index in [1.807, 2.05) is 0 Å². The van der Waals surface area contributed by atoms with E-state index in [0.717, 1.165) is 12.8 Å². The van der Waals surface area contributed by atoms with E-state index in [2.05, 4.69) is 5.32 Å². The van der Waals surface area contributed by atoms with Crippen molar-refractivity contribution in [1.29, 1.82) is 0 Å². The molecule has 21 heavy (non-hydrogen) atoms. The summed E-state index contributed by atoms with van der Waals surface area (Å²) in [5, 5.41) is 3.17. The maximum atomic E-state index is 11.8. The van der Waals surface area contributed by atoms with Crippen molar-refractivity contribution in [3.63, 3.8) is 0 Å². The fraction of sp³-hybridized carbons (Fsp3) is 0.429. The standard InChI is InChI=1S/C14H17ClN2O4/c15-11-2-1-9(7-12(11)16)14(19)21-8-13(18)17-10-3-5-20-6-4-10/h1-2,7,10H,3-6,8,16H2,(H,17,18). The molecule has 1 heterocycles. The van der Waals surface area contributed by atoms with Gasteiger partial charge in [-0.05, 0) is 31.0 Å². The van der Waals surface area contributed by atoms with Gasteiger partial charge in [0, 0.05) is 19.3 Å². The van der Waals surface area contributed by atoms with Crippen LogP contribution in [0.15, 0.2) is 18.2 Å². The number of carbonyl (C=O) groups excluding carboxylic acids is 2. The average Bonchev–Trinajstić information content (AvgIpc) is 2.48. The molecule has 0 unspecified atom stereocenters. The minimum atomic E-state index is -0.611. The molecule has 6 nitrogen and oxygen atoms in total. The summed E-state index contributed by atoms with van der Waals surface area (Å²) < 4.78 is 10.1. The molecule has 0 atom stereocenters. The second kappa shape index (κ2) is 7.28. The molecular weight excluding hydrogens is 296 g/mol. The first-order chi connectivity index (χ1) is 10.1. The zero-order chi connectivity index (χ0) is 15.2. The lowest BCUT2D eigenvalue weighted by Gasteiger charge is -2.22. The van der Waals surface area contributed by atoms with Gasteiger partial charge in [0.2, 0.25) is 0 Å². The number of ether oxygens (including phenoxy) is 2. The van der Waals surface area contributed by atoms with Crippen molar-refractivity contribution >= 4 is 29.2 Å². The van der Waals surface area contributed by atoms with Gasteiger partial charge in [-0.1, -0.05) is 11.6 Å². The summed E-state index contributed by atoms with van der Waals surface area (Å²) in [5.74, 6) is -0.933. The van der Waals surface area contributed by atoms with Gasteiger partial charge in [-0.15, -0.1) is 0 Å². The molecule has 1 aromatic rings. The predicted octanol–water partition coefficient (Wildman–Crippen LogP) is 1.37. The number of carbonyl (C=O) groups is 2. The van der Waals surface area contributed by atoms with E-state index < -0.39 is 5.97 Å². The summed E-state index contributed by atoms with van der Waals surface area (Å²) >= 11 is 5.77. The molecule has 114 valence electrons. The van der Waals surface area contributed by atoms with Gasteiger partial charge < -0.3 is 20.5 Å². The van der Waals surface area contributed by atoms with Crippen LogP contribution in [-0.4, -0.2) is 37.7 Å². The summed E-state index contributed by atoms with van der Waals surface area (Å²) in [4.78, 5) is 23.5. The molecule has 0 saturated carbocycles. The van der Waals surface area contributed by atoms with Crippen molar-refractivity contribution in [3.05, 3.63) is 28.8 Å². The number of rotatable bonds is 4. The third-order valence-corrected chi connectivity index (χ3v) is 3.50. The second-order valence-corrected chi connectivity index (χ2v) is 5.17. The van der Waals surface area contributed by atoms with E-state index in [4.69, 9.17) is 26.8 Å². The third-order valence-electron chi connectivity index (χ3n) is 3.15. The molecule has 1 fully saturated rings. The highest BCUT2D eigenvalue weighted by Crippen LogP contribution is 2.19. The molecule has 1 saturated heterocycles. The molecular formula is C14H17ClN2O4. The van der Waals surface area contributed by atoms with Crippen LogP contribution in [0.5, 0.6) is 0 Å². The van der Waals surface area contributed by atoms with Crippen molar-refractivity contribution in [2.24, 2.45) is 0 Å². The molecule has 1 amide bonds. The summed E-state index contributed by atoms with van der Waals surface area (Å²) in [7, 11) is 0. The number of nitrogens with two attached hydrogens (primary N) is 1. The molecule has 0 bridgehead atoms. The topological polar surface area (TPSA) is 90.7 Å². The lowest BCUT2D eigenvalue weighted by molar-refractivity contribution is -0.125. The Balaban J connectivity index is 1.80. The summed E-state index contributed by atoms with van der Waals surface area (Å²) in [5.41, 5.74) is 6.16. The zero-order valence-electron chi connectivity index (χ0n) is 11.4. The van der Waals surface area contributed by atoms with Crippen molar-refractivity contribution in [2.75, 3.05) is 25.6 Å². The first-order valence-electron chi connectivity index (χ1n) is 6.65. The number of esters is 1. The van der Waals surface area contributed by atoms with E-state index in [-0.39, 0.29) is 29.8 Å². The molecule has 0 radical (unpaired) electrons. The highest BCUT2D eigenvalue weighted by molar-refractivity contribution is 6.33. The van der Waals surface area contributed by atoms with Crippen LogP contribution in [0.2, 0.25) is 5.02 Å². The largest absolute Gasteiger partial charge is 0.452 e. The van der Waals surface area contributed by atoms with Crippen LogP contribution in [0.4, 0.5) is 5.69 Å². The normalized spacial score (nSPS) is 15.5. The van der Waals surface area contributed by atoms with Crippen LogP contribution in [0.3, 0.4) is 0 Å². The van der Waals surface area contributed by atoms with E-state index in [0.29, 0.717) is 18.2 Å². The lowest BCUT2D eigenvalue weighted by Crippen LogP contribution is -2.40. The Morgan fingerprint density at radius 2 is 2.10 bits per heavy atom. The molecule has 7 heteroatoms. The van der Waals surface area contributed by atoms with Crippen LogP contribution in [0.25, 0.3) is 0 Å². The number of hydrogen-bond donors (Lipinski definition) is 2. The minimum absolute atomic E-state index is 0.0797. The van der Waals surface area contributed by atoms with E-state index >= 15 is 0 Å². The molecule has 1 aliphatic heterocycles. The molecule has 0 aromatic heterocycles. The van der Waals surface area contributed by atoms with Gasteiger partial charge in [-0.2, -0.15) is 0 Å². The maximum absolute atomic E-state index is 11.8. The highest BCUT2D eigenvalue weighted by Gasteiger charge is 2.17. The van der Waals surface area contributed by atoms with Gasteiger partial charge in [-0.3, -0.25) is 4.79 Å². The van der Waals surface area contributed by atoms with E-state index in [9.17, 15) is 9.59 Å². The molecule has 0 aliphatic carbocycles. The van der Waals surface area contributed by atoms with Crippen molar-refractivity contribution in [3.8, 4) is 0 Å². The van der Waals surface area contributed by atoms with E-state index in [1.54, 1.807) is 0 Å². The number of nitrogens with one attached hydrogen (secondary N) is 1. The number of benzene rings is 1. The van der Waals surface area contributed by atoms with Crippen molar-refractivity contribution in [1.82, 2.24) is 5.32 Å². The van der Waals surface area contributed by atoms with Crippen LogP contribution >= 0.6 is 11.6 Å². The summed E-state index contributed by atoms with van der Waals surface area (Å²) in [6.45, 7) is 0.947. The first kappa shape index (κ1) is 15.6. The Labute approximate surface area is 127 Å². The van der Waals surface area contributed by atoms with Crippen molar-refractivity contribution in [2.45, 2.75) is 18.9 Å². The predicted molar refractivity (Wildman–Crippen MR) is 78.1 cm³/mol. The first-order valence-corrected chi connectivity index (χ1v) is 7.03. The number of amides is 1. The number of halogens is 1. The fourth-order valence-electron chi connectivity index (χ4n) is 2.00. The Morgan fingerprint density at radius 1 is 1.38 bits per heavy atom. The highest BCUT2D eigenvalue weighted by atomic mass is 35.5.